The zero-order valence-electron chi connectivity index (χ0n) is 19.9. The number of nitrogens with zero attached hydrogens (tertiary/aromatic N) is 2. The van der Waals surface area contributed by atoms with E-state index in [0.29, 0.717) is 34.2 Å². The van der Waals surface area contributed by atoms with Gasteiger partial charge in [0.2, 0.25) is 0 Å². The highest BCUT2D eigenvalue weighted by atomic mass is 32.2. The number of benzene rings is 3. The average molecular weight is 498 g/mol. The van der Waals surface area contributed by atoms with Gasteiger partial charge >= 0.3 is 0 Å². The molecule has 0 aromatic heterocycles. The van der Waals surface area contributed by atoms with Crippen LogP contribution in [0.5, 0.6) is 17.2 Å². The van der Waals surface area contributed by atoms with E-state index in [2.05, 4.69) is 10.5 Å². The highest BCUT2D eigenvalue weighted by Gasteiger charge is 2.27. The minimum atomic E-state index is -4.04. The van der Waals surface area contributed by atoms with Gasteiger partial charge in [0.25, 0.3) is 15.9 Å². The molecule has 1 N–H and O–H groups in total. The number of hydrazone groups is 1. The van der Waals surface area contributed by atoms with Crippen LogP contribution in [0.2, 0.25) is 0 Å². The summed E-state index contributed by atoms with van der Waals surface area (Å²) >= 11 is 0. The first-order chi connectivity index (χ1) is 16.8. The van der Waals surface area contributed by atoms with Crippen molar-refractivity contribution in [3.8, 4) is 17.2 Å². The molecule has 3 aromatic rings. The summed E-state index contributed by atoms with van der Waals surface area (Å²) in [6.07, 6.45) is 0. The number of methoxy groups -OCH3 is 3. The van der Waals surface area contributed by atoms with E-state index < -0.39 is 22.5 Å². The number of carbonyl (C=O) groups excluding carboxylic acids is 1. The van der Waals surface area contributed by atoms with E-state index in [1.165, 1.54) is 33.5 Å². The lowest BCUT2D eigenvalue weighted by Gasteiger charge is -2.23. The molecule has 35 heavy (non-hydrogen) atoms. The van der Waals surface area contributed by atoms with Gasteiger partial charge in [0.1, 0.15) is 12.3 Å². The quantitative estimate of drug-likeness (QED) is 0.340. The Bertz CT molecular complexity index is 1290. The van der Waals surface area contributed by atoms with Gasteiger partial charge in [0.15, 0.2) is 11.5 Å². The Hall–Kier alpha value is -4.05. The molecule has 1 amide bonds. The Kier molecular flexibility index (Phi) is 8.32. The van der Waals surface area contributed by atoms with Gasteiger partial charge in [-0.25, -0.2) is 13.8 Å². The van der Waals surface area contributed by atoms with Crippen molar-refractivity contribution < 1.29 is 27.4 Å². The lowest BCUT2D eigenvalue weighted by atomic mass is 10.1. The lowest BCUT2D eigenvalue weighted by Crippen LogP contribution is -2.39. The Morgan fingerprint density at radius 1 is 0.886 bits per heavy atom. The number of anilines is 1. The summed E-state index contributed by atoms with van der Waals surface area (Å²) < 4.78 is 43.5. The summed E-state index contributed by atoms with van der Waals surface area (Å²) in [5.74, 6) is 1.00. The molecule has 0 aliphatic rings. The molecule has 0 spiro atoms. The van der Waals surface area contributed by atoms with E-state index in [-0.39, 0.29) is 4.90 Å². The van der Waals surface area contributed by atoms with Crippen LogP contribution in [0.15, 0.2) is 82.8 Å². The summed E-state index contributed by atoms with van der Waals surface area (Å²) in [6, 6.07) is 19.6. The largest absolute Gasteiger partial charge is 0.497 e. The molecule has 0 saturated carbocycles. The summed E-state index contributed by atoms with van der Waals surface area (Å²) in [6.45, 7) is 1.24. The number of rotatable bonds is 10. The maximum atomic E-state index is 13.4. The summed E-state index contributed by atoms with van der Waals surface area (Å²) in [4.78, 5) is 12.8. The zero-order chi connectivity index (χ0) is 25.4. The molecular weight excluding hydrogens is 470 g/mol. The van der Waals surface area contributed by atoms with Crippen LogP contribution in [-0.2, 0) is 14.8 Å². The molecule has 9 nitrogen and oxygen atoms in total. The molecule has 0 atom stereocenters. The number of carbonyl (C=O) groups is 1. The Balaban J connectivity index is 1.83. The molecule has 3 aromatic carbocycles. The third kappa shape index (κ3) is 6.10. The highest BCUT2D eigenvalue weighted by molar-refractivity contribution is 7.92. The molecule has 10 heteroatoms. The van der Waals surface area contributed by atoms with Gasteiger partial charge in [0.05, 0.1) is 37.6 Å². The summed E-state index contributed by atoms with van der Waals surface area (Å²) in [5, 5.41) is 4.13. The van der Waals surface area contributed by atoms with Crippen LogP contribution in [-0.4, -0.2) is 47.9 Å². The molecule has 0 radical (unpaired) electrons. The molecule has 0 fully saturated rings. The van der Waals surface area contributed by atoms with Crippen molar-refractivity contribution in [3.63, 3.8) is 0 Å². The SMILES string of the molecule is COc1ccc(S(=O)(=O)N(CC(=O)N/N=C(/C)c2ccc(OC)c(OC)c2)c2ccccc2)cc1. The molecule has 0 heterocycles. The monoisotopic (exact) mass is 497 g/mol. The first-order valence-electron chi connectivity index (χ1n) is 10.6. The number of nitrogens with one attached hydrogen (secondary N) is 1. The van der Waals surface area contributed by atoms with Crippen molar-refractivity contribution in [2.24, 2.45) is 5.10 Å². The smallest absolute Gasteiger partial charge is 0.264 e. The van der Waals surface area contributed by atoms with E-state index >= 15 is 0 Å². The van der Waals surface area contributed by atoms with Crippen molar-refractivity contribution >= 4 is 27.3 Å². The van der Waals surface area contributed by atoms with Gasteiger partial charge < -0.3 is 14.2 Å². The number of para-hydroxylation sites is 1. The summed E-state index contributed by atoms with van der Waals surface area (Å²) in [5.41, 5.74) is 3.99. The second-order valence-electron chi connectivity index (χ2n) is 7.32. The Labute approximate surface area is 205 Å². The van der Waals surface area contributed by atoms with Gasteiger partial charge in [-0.05, 0) is 61.5 Å². The van der Waals surface area contributed by atoms with Crippen LogP contribution >= 0.6 is 0 Å². The van der Waals surface area contributed by atoms with E-state index in [1.807, 2.05) is 0 Å². The van der Waals surface area contributed by atoms with Gasteiger partial charge in [-0.1, -0.05) is 18.2 Å². The number of sulfonamides is 1. The van der Waals surface area contributed by atoms with E-state index in [4.69, 9.17) is 14.2 Å². The Morgan fingerprint density at radius 3 is 2.14 bits per heavy atom. The van der Waals surface area contributed by atoms with Crippen LogP contribution in [0.25, 0.3) is 0 Å². The molecular formula is C25H27N3O6S. The van der Waals surface area contributed by atoms with Crippen molar-refractivity contribution in [3.05, 3.63) is 78.4 Å². The van der Waals surface area contributed by atoms with Gasteiger partial charge in [-0.2, -0.15) is 5.10 Å². The molecule has 3 rings (SSSR count). The molecule has 0 bridgehead atoms. The van der Waals surface area contributed by atoms with Crippen LogP contribution in [0.1, 0.15) is 12.5 Å². The number of hydrogen-bond donors (Lipinski definition) is 1. The number of hydrogen-bond acceptors (Lipinski definition) is 7. The van der Waals surface area contributed by atoms with Gasteiger partial charge in [-0.15, -0.1) is 0 Å². The van der Waals surface area contributed by atoms with Crippen LogP contribution < -0.4 is 23.9 Å². The first kappa shape index (κ1) is 25.6. The van der Waals surface area contributed by atoms with Crippen molar-refractivity contribution in [2.75, 3.05) is 32.2 Å². The third-order valence-corrected chi connectivity index (χ3v) is 6.92. The van der Waals surface area contributed by atoms with Gasteiger partial charge in [0, 0.05) is 5.56 Å². The molecule has 0 unspecified atom stereocenters. The average Bonchev–Trinajstić information content (AvgIpc) is 2.90. The van der Waals surface area contributed by atoms with Crippen LogP contribution in [0, 0.1) is 0 Å². The zero-order valence-corrected chi connectivity index (χ0v) is 20.7. The predicted octanol–water partition coefficient (Wildman–Crippen LogP) is 3.45. The normalized spacial score (nSPS) is 11.5. The maximum absolute atomic E-state index is 13.4. The van der Waals surface area contributed by atoms with Crippen molar-refractivity contribution in [2.45, 2.75) is 11.8 Å². The molecule has 0 aliphatic carbocycles. The topological polar surface area (TPSA) is 107 Å². The van der Waals surface area contributed by atoms with Crippen molar-refractivity contribution in [1.82, 2.24) is 5.43 Å². The fourth-order valence-corrected chi connectivity index (χ4v) is 4.64. The summed E-state index contributed by atoms with van der Waals surface area (Å²) in [7, 11) is 0.515. The minimum absolute atomic E-state index is 0.0277. The van der Waals surface area contributed by atoms with Crippen LogP contribution in [0.3, 0.4) is 0 Å². The Morgan fingerprint density at radius 2 is 1.54 bits per heavy atom. The molecule has 184 valence electrons. The standard InChI is InChI=1S/C25H27N3O6S/c1-18(19-10-15-23(33-3)24(16-19)34-4)26-27-25(29)17-28(20-8-6-5-7-9-20)35(30,31)22-13-11-21(32-2)12-14-22/h5-16H,17H2,1-4H3,(H,27,29)/b26-18-. The lowest BCUT2D eigenvalue weighted by molar-refractivity contribution is -0.119. The van der Waals surface area contributed by atoms with E-state index in [0.717, 1.165) is 4.31 Å². The number of ether oxygens (including phenoxy) is 3. The highest BCUT2D eigenvalue weighted by Crippen LogP contribution is 2.28. The van der Waals surface area contributed by atoms with Crippen molar-refractivity contribution in [1.29, 1.82) is 0 Å². The fraction of sp³-hybridized carbons (Fsp3) is 0.200. The second kappa shape index (κ2) is 11.4. The van der Waals surface area contributed by atoms with E-state index in [1.54, 1.807) is 67.6 Å². The van der Waals surface area contributed by atoms with Gasteiger partial charge in [-0.3, -0.25) is 9.10 Å². The fourth-order valence-electron chi connectivity index (χ4n) is 3.22. The third-order valence-electron chi connectivity index (χ3n) is 5.13. The maximum Gasteiger partial charge on any atom is 0.264 e. The van der Waals surface area contributed by atoms with E-state index in [9.17, 15) is 13.2 Å². The predicted molar refractivity (Wildman–Crippen MR) is 134 cm³/mol. The minimum Gasteiger partial charge on any atom is -0.497 e. The van der Waals surface area contributed by atoms with Crippen LogP contribution in [0.4, 0.5) is 5.69 Å². The second-order valence-corrected chi connectivity index (χ2v) is 9.19. The molecule has 0 saturated heterocycles. The molecule has 0 aliphatic heterocycles. The first-order valence-corrected chi connectivity index (χ1v) is 12.0. The number of amides is 1.